The molecule has 4 heteroatoms. The van der Waals surface area contributed by atoms with Crippen LogP contribution in [0.4, 0.5) is 10.1 Å². The predicted molar refractivity (Wildman–Crippen MR) is 58.0 cm³/mol. The van der Waals surface area contributed by atoms with Crippen molar-refractivity contribution >= 4 is 5.69 Å². The topological polar surface area (TPSA) is 24.5 Å². The van der Waals surface area contributed by atoms with E-state index in [-0.39, 0.29) is 5.82 Å². The van der Waals surface area contributed by atoms with Crippen molar-refractivity contribution in [1.29, 1.82) is 0 Å². The number of methoxy groups -OCH3 is 1. The van der Waals surface area contributed by atoms with Gasteiger partial charge in [-0.05, 0) is 6.07 Å². The zero-order chi connectivity index (χ0) is 10.7. The Morgan fingerprint density at radius 2 is 2.00 bits per heavy atom. The third-order valence-electron chi connectivity index (χ3n) is 2.57. The zero-order valence-electron chi connectivity index (χ0n) is 8.79. The van der Waals surface area contributed by atoms with Crippen LogP contribution in [0.1, 0.15) is 0 Å². The van der Waals surface area contributed by atoms with Gasteiger partial charge < -0.3 is 15.0 Å². The lowest BCUT2D eigenvalue weighted by Crippen LogP contribution is -2.43. The fraction of sp³-hybridized carbons (Fsp3) is 0.455. The Hall–Kier alpha value is -1.29. The molecule has 2 rings (SSSR count). The number of hydrogen-bond acceptors (Lipinski definition) is 3. The van der Waals surface area contributed by atoms with E-state index >= 15 is 0 Å². The standard InChI is InChI=1S/C11H15FN2O/c1-15-11-7-9(12)6-10(8-11)14-4-2-13-3-5-14/h6-8,13H,2-5H2,1H3. The van der Waals surface area contributed by atoms with Crippen LogP contribution in [0.15, 0.2) is 18.2 Å². The summed E-state index contributed by atoms with van der Waals surface area (Å²) in [6.45, 7) is 3.71. The maximum Gasteiger partial charge on any atom is 0.128 e. The first-order valence-electron chi connectivity index (χ1n) is 5.10. The van der Waals surface area contributed by atoms with Crippen molar-refractivity contribution in [3.63, 3.8) is 0 Å². The Morgan fingerprint density at radius 3 is 2.67 bits per heavy atom. The maximum atomic E-state index is 13.2. The molecule has 1 aliphatic rings. The average molecular weight is 210 g/mol. The van der Waals surface area contributed by atoms with Gasteiger partial charge in [-0.3, -0.25) is 0 Å². The smallest absolute Gasteiger partial charge is 0.128 e. The number of nitrogens with zero attached hydrogens (tertiary/aromatic N) is 1. The van der Waals surface area contributed by atoms with E-state index in [4.69, 9.17) is 4.74 Å². The van der Waals surface area contributed by atoms with Gasteiger partial charge in [-0.15, -0.1) is 0 Å². The van der Waals surface area contributed by atoms with Gasteiger partial charge in [0.05, 0.1) is 7.11 Å². The summed E-state index contributed by atoms with van der Waals surface area (Å²) in [5.41, 5.74) is 0.897. The highest BCUT2D eigenvalue weighted by Crippen LogP contribution is 2.23. The molecular weight excluding hydrogens is 195 g/mol. The minimum absolute atomic E-state index is 0.247. The summed E-state index contributed by atoms with van der Waals surface area (Å²) in [4.78, 5) is 2.15. The molecule has 1 heterocycles. The molecule has 1 saturated heterocycles. The molecule has 0 radical (unpaired) electrons. The molecule has 1 fully saturated rings. The Labute approximate surface area is 88.8 Å². The van der Waals surface area contributed by atoms with Gasteiger partial charge in [0.25, 0.3) is 0 Å². The largest absolute Gasteiger partial charge is 0.497 e. The van der Waals surface area contributed by atoms with Crippen LogP contribution in [-0.4, -0.2) is 33.3 Å². The predicted octanol–water partition coefficient (Wildman–Crippen LogP) is 1.24. The van der Waals surface area contributed by atoms with Gasteiger partial charge in [0.1, 0.15) is 11.6 Å². The van der Waals surface area contributed by atoms with Crippen molar-refractivity contribution in [3.05, 3.63) is 24.0 Å². The first kappa shape index (κ1) is 10.2. The van der Waals surface area contributed by atoms with E-state index < -0.39 is 0 Å². The lowest BCUT2D eigenvalue weighted by Gasteiger charge is -2.29. The van der Waals surface area contributed by atoms with E-state index in [9.17, 15) is 4.39 Å². The zero-order valence-corrected chi connectivity index (χ0v) is 8.79. The molecule has 1 N–H and O–H groups in total. The Kier molecular flexibility index (Phi) is 3.06. The first-order chi connectivity index (χ1) is 7.29. The third kappa shape index (κ3) is 2.39. The van der Waals surface area contributed by atoms with Crippen LogP contribution in [0.5, 0.6) is 5.75 Å². The van der Waals surface area contributed by atoms with E-state index in [0.29, 0.717) is 5.75 Å². The highest BCUT2D eigenvalue weighted by atomic mass is 19.1. The summed E-state index contributed by atoms with van der Waals surface area (Å²) in [5, 5.41) is 3.26. The normalized spacial score (nSPS) is 16.5. The molecule has 0 saturated carbocycles. The first-order valence-corrected chi connectivity index (χ1v) is 5.10. The molecule has 0 aliphatic carbocycles. The lowest BCUT2D eigenvalue weighted by molar-refractivity contribution is 0.411. The van der Waals surface area contributed by atoms with Gasteiger partial charge in [0, 0.05) is 44.0 Å². The summed E-state index contributed by atoms with van der Waals surface area (Å²) < 4.78 is 18.3. The van der Waals surface area contributed by atoms with Crippen LogP contribution in [0.3, 0.4) is 0 Å². The van der Waals surface area contributed by atoms with Crippen LogP contribution >= 0.6 is 0 Å². The van der Waals surface area contributed by atoms with Gasteiger partial charge in [-0.1, -0.05) is 0 Å². The Bertz CT molecular complexity index is 337. The van der Waals surface area contributed by atoms with Crippen molar-refractivity contribution in [3.8, 4) is 5.75 Å². The molecule has 0 bridgehead atoms. The summed E-state index contributed by atoms with van der Waals surface area (Å²) >= 11 is 0. The number of benzene rings is 1. The monoisotopic (exact) mass is 210 g/mol. The number of nitrogens with one attached hydrogen (secondary N) is 1. The molecule has 0 spiro atoms. The van der Waals surface area contributed by atoms with E-state index in [0.717, 1.165) is 31.9 Å². The van der Waals surface area contributed by atoms with Crippen molar-refractivity contribution in [1.82, 2.24) is 5.32 Å². The fourth-order valence-electron chi connectivity index (χ4n) is 1.77. The highest BCUT2D eigenvalue weighted by molar-refractivity contribution is 5.51. The molecule has 0 aromatic heterocycles. The van der Waals surface area contributed by atoms with Crippen molar-refractivity contribution in [2.24, 2.45) is 0 Å². The quantitative estimate of drug-likeness (QED) is 0.795. The van der Waals surface area contributed by atoms with Crippen LogP contribution < -0.4 is 15.0 Å². The molecule has 82 valence electrons. The minimum Gasteiger partial charge on any atom is -0.497 e. The van der Waals surface area contributed by atoms with Gasteiger partial charge in [0.2, 0.25) is 0 Å². The molecule has 0 amide bonds. The SMILES string of the molecule is COc1cc(F)cc(N2CCNCC2)c1. The van der Waals surface area contributed by atoms with Gasteiger partial charge in [-0.25, -0.2) is 4.39 Å². The van der Waals surface area contributed by atoms with Crippen molar-refractivity contribution < 1.29 is 9.13 Å². The lowest BCUT2D eigenvalue weighted by atomic mass is 10.2. The Balaban J connectivity index is 2.22. The van der Waals surface area contributed by atoms with E-state index in [1.54, 1.807) is 13.2 Å². The van der Waals surface area contributed by atoms with E-state index in [2.05, 4.69) is 10.2 Å². The Morgan fingerprint density at radius 1 is 1.27 bits per heavy atom. The summed E-state index contributed by atoms with van der Waals surface area (Å²) in [5.74, 6) is 0.325. The minimum atomic E-state index is -0.247. The maximum absolute atomic E-state index is 13.2. The fourth-order valence-corrected chi connectivity index (χ4v) is 1.77. The van der Waals surface area contributed by atoms with Crippen LogP contribution in [0, 0.1) is 5.82 Å². The average Bonchev–Trinajstić information content (AvgIpc) is 2.29. The van der Waals surface area contributed by atoms with Crippen molar-refractivity contribution in [2.45, 2.75) is 0 Å². The number of piperazine rings is 1. The molecular formula is C11H15FN2O. The second-order valence-corrected chi connectivity index (χ2v) is 3.59. The molecule has 1 aromatic carbocycles. The highest BCUT2D eigenvalue weighted by Gasteiger charge is 2.12. The molecule has 0 unspecified atom stereocenters. The van der Waals surface area contributed by atoms with E-state index in [1.165, 1.54) is 6.07 Å². The molecule has 1 aromatic rings. The molecule has 15 heavy (non-hydrogen) atoms. The number of rotatable bonds is 2. The van der Waals surface area contributed by atoms with Gasteiger partial charge >= 0.3 is 0 Å². The third-order valence-corrected chi connectivity index (χ3v) is 2.57. The van der Waals surface area contributed by atoms with Crippen LogP contribution in [-0.2, 0) is 0 Å². The molecule has 0 atom stereocenters. The number of ether oxygens (including phenoxy) is 1. The second-order valence-electron chi connectivity index (χ2n) is 3.59. The number of hydrogen-bond donors (Lipinski definition) is 1. The summed E-state index contributed by atoms with van der Waals surface area (Å²) in [6, 6.07) is 4.81. The molecule has 3 nitrogen and oxygen atoms in total. The summed E-state index contributed by atoms with van der Waals surface area (Å²) in [6.07, 6.45) is 0. The second kappa shape index (κ2) is 4.49. The van der Waals surface area contributed by atoms with Gasteiger partial charge in [0.15, 0.2) is 0 Å². The van der Waals surface area contributed by atoms with Crippen LogP contribution in [0.2, 0.25) is 0 Å². The van der Waals surface area contributed by atoms with Gasteiger partial charge in [-0.2, -0.15) is 0 Å². The van der Waals surface area contributed by atoms with Crippen molar-refractivity contribution in [2.75, 3.05) is 38.2 Å². The van der Waals surface area contributed by atoms with Crippen LogP contribution in [0.25, 0.3) is 0 Å². The number of anilines is 1. The molecule has 1 aliphatic heterocycles. The van der Waals surface area contributed by atoms with E-state index in [1.807, 2.05) is 6.07 Å². The number of halogens is 1. The summed E-state index contributed by atoms with van der Waals surface area (Å²) in [7, 11) is 1.55.